The van der Waals surface area contributed by atoms with Gasteiger partial charge in [0.05, 0.1) is 58.2 Å². The lowest BCUT2D eigenvalue weighted by atomic mass is 9.97. The fourth-order valence-corrected chi connectivity index (χ4v) is 13.5. The Kier molecular flexibility index (Phi) is 37.1. The highest BCUT2D eigenvalue weighted by Gasteiger charge is 2.44. The third-order valence-electron chi connectivity index (χ3n) is 17.2. The molecule has 0 aliphatic carbocycles. The fraction of sp³-hybridized carbons (Fsp3) is 0.677. The van der Waals surface area contributed by atoms with Crippen LogP contribution in [0, 0.1) is 23.7 Å². The molecule has 3 fully saturated rings. The Balaban J connectivity index is 1.37. The molecule has 0 bridgehead atoms. The van der Waals surface area contributed by atoms with Gasteiger partial charge in [-0.15, -0.1) is 0 Å². The number of nitrogens with zero attached hydrogens (tertiary/aromatic N) is 1. The zero-order chi connectivity index (χ0) is 79.3. The second-order valence-electron chi connectivity index (χ2n) is 27.5. The molecule has 1 aromatic rings. The highest BCUT2D eigenvalue weighted by molar-refractivity contribution is 8.00. The smallest absolute Gasteiger partial charge is 0.394 e. The first-order valence-electron chi connectivity index (χ1n) is 34.9. The van der Waals surface area contributed by atoms with Gasteiger partial charge in [0.2, 0.25) is 82.7 Å². The van der Waals surface area contributed by atoms with Crippen molar-refractivity contribution in [3.8, 4) is 0 Å². The highest BCUT2D eigenvalue weighted by Crippen LogP contribution is 2.36. The molecule has 0 spiro atoms. The van der Waals surface area contributed by atoms with E-state index in [1.165, 1.54) is 0 Å². The summed E-state index contributed by atoms with van der Waals surface area (Å²) >= 11 is 1.74. The number of nitrogens with two attached hydrogens (primary N) is 1. The Bertz CT molecular complexity index is 3280. The number of aliphatic hydroxyl groups excluding tert-OH is 4. The molecule has 14 atom stereocenters. The monoisotopic (exact) mass is 1540 g/mol. The van der Waals surface area contributed by atoms with Crippen molar-refractivity contribution < 1.29 is 111 Å². The van der Waals surface area contributed by atoms with Crippen molar-refractivity contribution in [2.45, 2.75) is 197 Å². The van der Waals surface area contributed by atoms with E-state index < -0.39 is 215 Å². The van der Waals surface area contributed by atoms with Crippen LogP contribution in [0.15, 0.2) is 30.3 Å². The zero-order valence-electron chi connectivity index (χ0n) is 60.5. The molecule has 3 aliphatic heterocycles. The lowest BCUT2D eigenvalue weighted by molar-refractivity contribution is -0.143. The predicted molar refractivity (Wildman–Crippen MR) is 378 cm³/mol. The van der Waals surface area contributed by atoms with Gasteiger partial charge in [0.15, 0.2) is 0 Å². The zero-order valence-corrected chi connectivity index (χ0v) is 62.2. The van der Waals surface area contributed by atoms with Crippen LogP contribution in [0.4, 0.5) is 4.79 Å². The number of hydrogen-bond donors (Lipinski definition) is 21. The third kappa shape index (κ3) is 29.6. The standard InChI is InChI=1S/C65H105N16O23PS/c1-32(2)21-37(54(66)89)70-62(97)51(34(5)6)79-63(98)52(35(7)8)78-56(91)39(23-36-15-10-9-11-16-36)72-61(96)46-17-14-20-81(46)64(99)44(30-104-105(101,102)103)76-60(95)43(29-85)75-59(94)42(28-84)74-58(93)41(27-83)73-55(90)38(22-33(3)4)71-57(92)40(26-82)69-50(88)25-68-49(87)24-67-48(86)19-13-12-18-47-53-45(31-106-47)77-65(100)80-53/h9-11,15-16,32-35,37-47,51-53,82-85H,12-14,17-31H2,1-8H3,(H2,66,89)(H,67,86)(H,68,87)(H,69,88)(H,70,97)(H,71,92)(H,72,96)(H,73,90)(H,74,93)(H,75,94)(H,76,95)(H,78,91)(H,79,98)(H2,77,80,100)(H2,101,102,103)/t37-,38-,39-,40-,41-,42-,43-,44-,45-,46-,47-,51-,52-,53-/m0/s1. The van der Waals surface area contributed by atoms with Crippen molar-refractivity contribution >= 4 is 108 Å². The van der Waals surface area contributed by atoms with Gasteiger partial charge >= 0.3 is 13.9 Å². The van der Waals surface area contributed by atoms with E-state index in [0.29, 0.717) is 18.4 Å². The van der Waals surface area contributed by atoms with Gasteiger partial charge in [-0.05, 0) is 67.8 Å². The van der Waals surface area contributed by atoms with Gasteiger partial charge in [-0.1, -0.05) is 92.1 Å². The highest BCUT2D eigenvalue weighted by atomic mass is 32.2. The van der Waals surface area contributed by atoms with Gasteiger partial charge in [-0.3, -0.25) is 71.6 Å². The first kappa shape index (κ1) is 89.8. The quantitative estimate of drug-likeness (QED) is 0.0164. The molecule has 0 radical (unpaired) electrons. The fourth-order valence-electron chi connectivity index (χ4n) is 11.6. The number of primary amides is 1. The lowest BCUT2D eigenvalue weighted by Crippen LogP contribution is -2.62. The molecule has 0 unspecified atom stereocenters. The molecule has 1 aromatic carbocycles. The average molecular weight is 1540 g/mol. The van der Waals surface area contributed by atoms with Gasteiger partial charge in [-0.2, -0.15) is 11.8 Å². The maximum Gasteiger partial charge on any atom is 0.469 e. The summed E-state index contributed by atoms with van der Waals surface area (Å²) in [4.78, 5) is 221. The van der Waals surface area contributed by atoms with Gasteiger partial charge in [0, 0.05) is 30.4 Å². The molecular weight excluding hydrogens is 1440 g/mol. The number of carbonyl (C=O) groups is 15. The van der Waals surface area contributed by atoms with E-state index in [2.05, 4.69) is 73.6 Å². The molecule has 22 N–H and O–H groups in total. The number of aliphatic hydroxyl groups is 4. The average Bonchev–Trinajstić information content (AvgIpc) is 1.64. The summed E-state index contributed by atoms with van der Waals surface area (Å²) in [5.74, 6) is -14.6. The maximum atomic E-state index is 14.5. The molecule has 39 nitrogen and oxygen atoms in total. The second kappa shape index (κ2) is 43.9. The normalized spacial score (nSPS) is 19.0. The van der Waals surface area contributed by atoms with Crippen molar-refractivity contribution in [1.29, 1.82) is 0 Å². The Morgan fingerprint density at radius 1 is 0.566 bits per heavy atom. The Labute approximate surface area is 617 Å². The number of carbonyl (C=O) groups excluding carboxylic acids is 15. The van der Waals surface area contributed by atoms with Crippen LogP contribution in [0.2, 0.25) is 0 Å². The molecule has 0 aromatic heterocycles. The van der Waals surface area contributed by atoms with Crippen molar-refractivity contribution in [3.05, 3.63) is 35.9 Å². The van der Waals surface area contributed by atoms with Crippen LogP contribution < -0.4 is 80.2 Å². The van der Waals surface area contributed by atoms with Gasteiger partial charge in [0.1, 0.15) is 66.5 Å². The number of nitrogens with one attached hydrogen (secondary N) is 14. The largest absolute Gasteiger partial charge is 0.469 e. The third-order valence-corrected chi connectivity index (χ3v) is 19.2. The number of unbranched alkanes of at least 4 members (excludes halogenated alkanes) is 1. The number of fused-ring (bicyclic) bond motifs is 1. The van der Waals surface area contributed by atoms with E-state index in [1.54, 1.807) is 83.6 Å². The van der Waals surface area contributed by atoms with Crippen LogP contribution >= 0.6 is 19.6 Å². The molecule has 3 aliphatic rings. The molecule has 4 rings (SSSR count). The van der Waals surface area contributed by atoms with E-state index in [9.17, 15) is 107 Å². The Morgan fingerprint density at radius 3 is 1.55 bits per heavy atom. The number of amides is 16. The van der Waals surface area contributed by atoms with E-state index in [0.717, 1.165) is 17.1 Å². The second-order valence-corrected chi connectivity index (χ2v) is 30.0. The summed E-state index contributed by atoms with van der Waals surface area (Å²) in [6.45, 7) is 6.04. The first-order chi connectivity index (χ1) is 49.9. The number of hydrogen-bond acceptors (Lipinski definition) is 22. The molecule has 3 heterocycles. The number of urea groups is 1. The number of thioether (sulfide) groups is 1. The van der Waals surface area contributed by atoms with Crippen LogP contribution in [-0.2, 0) is 82.6 Å². The topological polar surface area (TPSA) is 601 Å². The van der Waals surface area contributed by atoms with E-state index in [1.807, 2.05) is 19.2 Å². The van der Waals surface area contributed by atoms with Gasteiger partial charge in [0.25, 0.3) is 0 Å². The van der Waals surface area contributed by atoms with Crippen LogP contribution in [0.1, 0.15) is 112 Å². The van der Waals surface area contributed by atoms with E-state index in [4.69, 9.17) is 5.73 Å². The molecule has 106 heavy (non-hydrogen) atoms. The number of phosphoric acid groups is 1. The molecule has 0 saturated carbocycles. The SMILES string of the molecule is CC(C)C[C@H](NC(=O)[C@@H](NC(=O)[C@@H](NC(=O)[C@H](Cc1ccccc1)NC(=O)[C@@H]1CCCN1C(=O)[C@H](COP(=O)(O)O)NC(=O)[C@H](CO)NC(=O)[C@H](CO)NC(=O)[C@H](CO)NC(=O)[C@H](CC(C)C)NC(=O)[C@H](CO)NC(=O)CNC(=O)CNC(=O)CCCC[C@@H]1SC[C@@H]2NC(=O)N[C@@H]21)C(C)C)C(C)C)C(N)=O. The summed E-state index contributed by atoms with van der Waals surface area (Å²) in [6.07, 6.45) is 2.06. The summed E-state index contributed by atoms with van der Waals surface area (Å²) in [5.41, 5.74) is 6.09. The minimum atomic E-state index is -5.45. The van der Waals surface area contributed by atoms with Crippen molar-refractivity contribution in [2.24, 2.45) is 29.4 Å². The molecule has 16 amide bonds. The minimum Gasteiger partial charge on any atom is -0.394 e. The molecule has 594 valence electrons. The van der Waals surface area contributed by atoms with Crippen molar-refractivity contribution in [3.63, 3.8) is 0 Å². The van der Waals surface area contributed by atoms with Crippen LogP contribution in [0.5, 0.6) is 0 Å². The maximum absolute atomic E-state index is 14.5. The number of phosphoric ester groups is 1. The molecule has 3 saturated heterocycles. The summed E-state index contributed by atoms with van der Waals surface area (Å²) in [7, 11) is -5.45. The summed E-state index contributed by atoms with van der Waals surface area (Å²) < 4.78 is 16.6. The van der Waals surface area contributed by atoms with Crippen molar-refractivity contribution in [2.75, 3.05) is 58.4 Å². The van der Waals surface area contributed by atoms with E-state index >= 15 is 0 Å². The Morgan fingerprint density at radius 2 is 1.03 bits per heavy atom. The van der Waals surface area contributed by atoms with Crippen LogP contribution in [0.3, 0.4) is 0 Å². The van der Waals surface area contributed by atoms with Gasteiger partial charge in [-0.25, -0.2) is 9.36 Å². The number of benzene rings is 1. The molecular formula is C65H105N16O23PS. The van der Waals surface area contributed by atoms with E-state index in [-0.39, 0.29) is 80.3 Å². The lowest BCUT2D eigenvalue weighted by Gasteiger charge is -2.31. The van der Waals surface area contributed by atoms with Crippen LogP contribution in [-0.4, -0.2) is 266 Å². The Hall–Kier alpha value is -8.63. The molecule has 41 heteroatoms. The summed E-state index contributed by atoms with van der Waals surface area (Å²) in [6, 6.07) is -9.67. The summed E-state index contributed by atoms with van der Waals surface area (Å²) in [5, 5.41) is 75.1. The van der Waals surface area contributed by atoms with Crippen molar-refractivity contribution in [1.82, 2.24) is 79.3 Å². The van der Waals surface area contributed by atoms with Crippen LogP contribution in [0.25, 0.3) is 0 Å². The number of rotatable bonds is 45. The number of likely N-dealkylation sites (tertiary alicyclic amines) is 1. The minimum absolute atomic E-state index is 0.0259. The first-order valence-corrected chi connectivity index (χ1v) is 37.5. The van der Waals surface area contributed by atoms with Gasteiger partial charge < -0.3 is 115 Å². The predicted octanol–water partition coefficient (Wildman–Crippen LogP) is -7.01.